The molecule has 186 valence electrons. The van der Waals surface area contributed by atoms with Crippen LogP contribution in [0, 0.1) is 17.7 Å². The van der Waals surface area contributed by atoms with Crippen LogP contribution in [0.5, 0.6) is 0 Å². The van der Waals surface area contributed by atoms with Gasteiger partial charge in [0.05, 0.1) is 11.0 Å². The highest BCUT2D eigenvalue weighted by atomic mass is 19.1. The molecular formula is C29H37FN4O. The van der Waals surface area contributed by atoms with Gasteiger partial charge in [0, 0.05) is 25.3 Å². The van der Waals surface area contributed by atoms with Gasteiger partial charge in [-0.05, 0) is 67.9 Å². The number of nitrogens with two attached hydrogens (primary N) is 1. The zero-order valence-corrected chi connectivity index (χ0v) is 21.0. The SMILES string of the molecule is CN(C)c1cccc(-c2nc3ccc(F)cc3n2C(C(N)=O)(C2CCCCC2)C2CCCCC2)c1. The molecule has 2 saturated carbocycles. The van der Waals surface area contributed by atoms with Crippen molar-refractivity contribution in [3.8, 4) is 11.4 Å². The number of carbonyl (C=O) groups is 1. The maximum Gasteiger partial charge on any atom is 0.244 e. The molecule has 35 heavy (non-hydrogen) atoms. The summed E-state index contributed by atoms with van der Waals surface area (Å²) in [7, 11) is 4.02. The van der Waals surface area contributed by atoms with E-state index in [9.17, 15) is 9.18 Å². The molecule has 2 aliphatic carbocycles. The number of primary amides is 1. The largest absolute Gasteiger partial charge is 0.378 e. The average molecular weight is 477 g/mol. The Kier molecular flexibility index (Phi) is 6.56. The summed E-state index contributed by atoms with van der Waals surface area (Å²) in [6, 6.07) is 12.9. The fourth-order valence-corrected chi connectivity index (χ4v) is 6.84. The quantitative estimate of drug-likeness (QED) is 0.457. The Morgan fingerprint density at radius 2 is 1.60 bits per heavy atom. The predicted octanol–water partition coefficient (Wildman–Crippen LogP) is 6.25. The molecule has 2 fully saturated rings. The number of hydrogen-bond acceptors (Lipinski definition) is 3. The summed E-state index contributed by atoms with van der Waals surface area (Å²) in [5.41, 5.74) is 8.91. The maximum absolute atomic E-state index is 14.7. The minimum atomic E-state index is -0.924. The Morgan fingerprint density at radius 3 is 2.17 bits per heavy atom. The summed E-state index contributed by atoms with van der Waals surface area (Å²) in [5.74, 6) is 0.341. The fourth-order valence-electron chi connectivity index (χ4n) is 6.84. The third-order valence-electron chi connectivity index (χ3n) is 8.46. The smallest absolute Gasteiger partial charge is 0.244 e. The number of anilines is 1. The molecule has 6 heteroatoms. The Labute approximate surface area is 207 Å². The van der Waals surface area contributed by atoms with E-state index in [2.05, 4.69) is 21.6 Å². The molecule has 1 aromatic heterocycles. The number of aromatic nitrogens is 2. The van der Waals surface area contributed by atoms with Crippen molar-refractivity contribution in [2.75, 3.05) is 19.0 Å². The van der Waals surface area contributed by atoms with E-state index in [1.165, 1.54) is 18.9 Å². The number of amides is 1. The summed E-state index contributed by atoms with van der Waals surface area (Å²) in [6.45, 7) is 0. The van der Waals surface area contributed by atoms with E-state index in [0.29, 0.717) is 16.9 Å². The first-order valence-electron chi connectivity index (χ1n) is 13.2. The molecule has 5 rings (SSSR count). The standard InChI is InChI=1S/C29H37FN4O/c1-33(2)24-15-9-10-20(18-24)27-32-25-17-16-23(30)19-26(25)34(27)29(28(31)35,21-11-5-3-6-12-21)22-13-7-4-8-14-22/h9-10,15-19,21-22H,3-8,11-14H2,1-2H3,(H2,31,35). The second-order valence-electron chi connectivity index (χ2n) is 10.7. The molecule has 3 aromatic rings. The molecule has 1 amide bonds. The number of carbonyl (C=O) groups excluding carboxylic acids is 1. The van der Waals surface area contributed by atoms with Crippen molar-refractivity contribution in [1.82, 2.24) is 9.55 Å². The van der Waals surface area contributed by atoms with Crippen molar-refractivity contribution in [2.45, 2.75) is 69.7 Å². The van der Waals surface area contributed by atoms with Crippen molar-refractivity contribution in [1.29, 1.82) is 0 Å². The highest BCUT2D eigenvalue weighted by molar-refractivity contribution is 5.90. The molecule has 0 atom stereocenters. The van der Waals surface area contributed by atoms with Gasteiger partial charge in [-0.3, -0.25) is 4.79 Å². The van der Waals surface area contributed by atoms with Gasteiger partial charge in [0.15, 0.2) is 0 Å². The second kappa shape index (κ2) is 9.63. The van der Waals surface area contributed by atoms with Crippen molar-refractivity contribution in [3.05, 3.63) is 48.3 Å². The van der Waals surface area contributed by atoms with Crippen LogP contribution in [0.15, 0.2) is 42.5 Å². The van der Waals surface area contributed by atoms with E-state index >= 15 is 0 Å². The Morgan fingerprint density at radius 1 is 0.971 bits per heavy atom. The lowest BCUT2D eigenvalue weighted by atomic mass is 9.63. The average Bonchev–Trinajstić information content (AvgIpc) is 3.25. The Hall–Kier alpha value is -2.89. The van der Waals surface area contributed by atoms with Gasteiger partial charge >= 0.3 is 0 Å². The number of nitrogens with zero attached hydrogens (tertiary/aromatic N) is 3. The first kappa shape index (κ1) is 23.8. The lowest BCUT2D eigenvalue weighted by Gasteiger charge is -2.48. The molecule has 0 spiro atoms. The van der Waals surface area contributed by atoms with Crippen LogP contribution in [-0.4, -0.2) is 29.6 Å². The van der Waals surface area contributed by atoms with Gasteiger partial charge in [0.2, 0.25) is 5.91 Å². The summed E-state index contributed by atoms with van der Waals surface area (Å²) >= 11 is 0. The summed E-state index contributed by atoms with van der Waals surface area (Å²) < 4.78 is 16.8. The maximum atomic E-state index is 14.7. The first-order chi connectivity index (χ1) is 16.9. The van der Waals surface area contributed by atoms with Crippen LogP contribution in [-0.2, 0) is 10.3 Å². The lowest BCUT2D eigenvalue weighted by Crippen LogP contribution is -2.58. The molecule has 2 aromatic carbocycles. The van der Waals surface area contributed by atoms with Gasteiger partial charge in [-0.2, -0.15) is 0 Å². The van der Waals surface area contributed by atoms with Crippen molar-refractivity contribution >= 4 is 22.6 Å². The fraction of sp³-hybridized carbons (Fsp3) is 0.517. The van der Waals surface area contributed by atoms with Crippen LogP contribution in [0.1, 0.15) is 64.2 Å². The van der Waals surface area contributed by atoms with Gasteiger partial charge in [-0.15, -0.1) is 0 Å². The van der Waals surface area contributed by atoms with Gasteiger partial charge in [-0.25, -0.2) is 9.37 Å². The van der Waals surface area contributed by atoms with Crippen LogP contribution < -0.4 is 10.6 Å². The van der Waals surface area contributed by atoms with E-state index in [-0.39, 0.29) is 23.6 Å². The molecule has 5 nitrogen and oxygen atoms in total. The topological polar surface area (TPSA) is 64.2 Å². The predicted molar refractivity (Wildman–Crippen MR) is 140 cm³/mol. The minimum Gasteiger partial charge on any atom is -0.378 e. The molecule has 1 heterocycles. The van der Waals surface area contributed by atoms with Crippen LogP contribution in [0.25, 0.3) is 22.4 Å². The van der Waals surface area contributed by atoms with Crippen molar-refractivity contribution in [3.63, 3.8) is 0 Å². The molecule has 2 N–H and O–H groups in total. The number of imidazole rings is 1. The van der Waals surface area contributed by atoms with Crippen molar-refractivity contribution in [2.24, 2.45) is 17.6 Å². The molecule has 0 unspecified atom stereocenters. The van der Waals surface area contributed by atoms with Crippen LogP contribution in [0.2, 0.25) is 0 Å². The number of halogens is 1. The molecule has 0 bridgehead atoms. The van der Waals surface area contributed by atoms with E-state index in [1.54, 1.807) is 12.1 Å². The van der Waals surface area contributed by atoms with Gasteiger partial charge in [0.1, 0.15) is 17.2 Å². The van der Waals surface area contributed by atoms with Gasteiger partial charge in [0.25, 0.3) is 0 Å². The first-order valence-corrected chi connectivity index (χ1v) is 13.2. The van der Waals surface area contributed by atoms with Gasteiger partial charge < -0.3 is 15.2 Å². The Bertz CT molecular complexity index is 1190. The number of benzene rings is 2. The normalized spacial score (nSPS) is 18.1. The van der Waals surface area contributed by atoms with E-state index in [0.717, 1.165) is 62.6 Å². The second-order valence-corrected chi connectivity index (χ2v) is 10.7. The van der Waals surface area contributed by atoms with E-state index in [1.807, 2.05) is 26.2 Å². The molecule has 0 radical (unpaired) electrons. The summed E-state index contributed by atoms with van der Waals surface area (Å²) in [5, 5.41) is 0. The highest BCUT2D eigenvalue weighted by Gasteiger charge is 2.53. The lowest BCUT2D eigenvalue weighted by molar-refractivity contribution is -0.135. The van der Waals surface area contributed by atoms with Crippen LogP contribution in [0.3, 0.4) is 0 Å². The number of rotatable bonds is 6. The molecule has 2 aliphatic rings. The zero-order chi connectivity index (χ0) is 24.6. The van der Waals surface area contributed by atoms with Crippen LogP contribution >= 0.6 is 0 Å². The third kappa shape index (κ3) is 4.11. The van der Waals surface area contributed by atoms with E-state index < -0.39 is 5.54 Å². The molecule has 0 aliphatic heterocycles. The summed E-state index contributed by atoms with van der Waals surface area (Å²) in [6.07, 6.45) is 10.6. The monoisotopic (exact) mass is 476 g/mol. The van der Waals surface area contributed by atoms with Crippen LogP contribution in [0.4, 0.5) is 10.1 Å². The molecule has 0 saturated heterocycles. The van der Waals surface area contributed by atoms with E-state index in [4.69, 9.17) is 10.7 Å². The van der Waals surface area contributed by atoms with Crippen molar-refractivity contribution < 1.29 is 9.18 Å². The third-order valence-corrected chi connectivity index (χ3v) is 8.46. The highest BCUT2D eigenvalue weighted by Crippen LogP contribution is 2.50. The number of fused-ring (bicyclic) bond motifs is 1. The summed E-state index contributed by atoms with van der Waals surface area (Å²) in [4.78, 5) is 21.0. The van der Waals surface area contributed by atoms with Gasteiger partial charge in [-0.1, -0.05) is 50.7 Å². The number of hydrogen-bond donors (Lipinski definition) is 1. The zero-order valence-electron chi connectivity index (χ0n) is 21.0. The molecular weight excluding hydrogens is 439 g/mol. The Balaban J connectivity index is 1.84. The minimum absolute atomic E-state index is 0.119.